The molecule has 0 aliphatic carbocycles. The first kappa shape index (κ1) is 23.5. The predicted molar refractivity (Wildman–Crippen MR) is 115 cm³/mol. The van der Waals surface area contributed by atoms with Gasteiger partial charge in [0.05, 0.1) is 13.1 Å². The first-order chi connectivity index (χ1) is 14.6. The Hall–Kier alpha value is -2.78. The maximum atomic E-state index is 11.4. The highest BCUT2D eigenvalue weighted by molar-refractivity contribution is 5.89. The highest BCUT2D eigenvalue weighted by atomic mass is 16.7. The molecule has 30 heavy (non-hydrogen) atoms. The van der Waals surface area contributed by atoms with E-state index in [1.54, 1.807) is 40.6 Å². The van der Waals surface area contributed by atoms with Crippen LogP contribution in [0.3, 0.4) is 0 Å². The van der Waals surface area contributed by atoms with Crippen LogP contribution in [-0.4, -0.2) is 66.7 Å². The number of nitrogens with one attached hydrogen (secondary N) is 2. The summed E-state index contributed by atoms with van der Waals surface area (Å²) >= 11 is 0. The Bertz CT molecular complexity index is 765. The first-order valence-corrected chi connectivity index (χ1v) is 9.37. The minimum absolute atomic E-state index is 0.379. The lowest BCUT2D eigenvalue weighted by molar-refractivity contribution is -0.0915. The van der Waals surface area contributed by atoms with Crippen molar-refractivity contribution in [3.8, 4) is 11.1 Å². The third kappa shape index (κ3) is 6.11. The molecular formula is C22H28N2O6. The van der Waals surface area contributed by atoms with E-state index in [0.717, 1.165) is 23.7 Å². The zero-order chi connectivity index (χ0) is 21.9. The second-order valence-corrected chi connectivity index (χ2v) is 6.40. The van der Waals surface area contributed by atoms with Crippen LogP contribution in [0.1, 0.15) is 20.7 Å². The molecule has 8 heteroatoms. The van der Waals surface area contributed by atoms with E-state index in [2.05, 4.69) is 10.6 Å². The van der Waals surface area contributed by atoms with Crippen molar-refractivity contribution in [1.29, 1.82) is 0 Å². The van der Waals surface area contributed by atoms with Gasteiger partial charge in [-0.1, -0.05) is 12.1 Å². The summed E-state index contributed by atoms with van der Waals surface area (Å²) in [5.74, 6) is 0. The third-order valence-corrected chi connectivity index (χ3v) is 4.66. The number of rotatable bonds is 13. The first-order valence-electron chi connectivity index (χ1n) is 9.37. The fourth-order valence-corrected chi connectivity index (χ4v) is 2.90. The molecule has 8 nitrogen and oxygen atoms in total. The SMILES string of the molecule is COC(CNc1cc(-c2ccc(C=O)c(NCC(OC)OC)c2)ccc1C=O)OC. The summed E-state index contributed by atoms with van der Waals surface area (Å²) in [6.45, 7) is 0.757. The van der Waals surface area contributed by atoms with Crippen LogP contribution in [0, 0.1) is 0 Å². The van der Waals surface area contributed by atoms with Crippen LogP contribution in [-0.2, 0) is 18.9 Å². The van der Waals surface area contributed by atoms with Crippen molar-refractivity contribution in [1.82, 2.24) is 0 Å². The van der Waals surface area contributed by atoms with E-state index in [-0.39, 0.29) is 0 Å². The quantitative estimate of drug-likeness (QED) is 0.380. The average molecular weight is 416 g/mol. The Morgan fingerprint density at radius 3 is 1.37 bits per heavy atom. The zero-order valence-electron chi connectivity index (χ0n) is 17.6. The van der Waals surface area contributed by atoms with Crippen LogP contribution in [0.4, 0.5) is 11.4 Å². The Morgan fingerprint density at radius 1 is 0.700 bits per heavy atom. The fraction of sp³-hybridized carbons (Fsp3) is 0.364. The molecule has 0 atom stereocenters. The number of ether oxygens (including phenoxy) is 4. The van der Waals surface area contributed by atoms with Crippen molar-refractivity contribution in [2.24, 2.45) is 0 Å². The topological polar surface area (TPSA) is 95.1 Å². The van der Waals surface area contributed by atoms with Crippen molar-refractivity contribution < 1.29 is 28.5 Å². The van der Waals surface area contributed by atoms with Gasteiger partial charge >= 0.3 is 0 Å². The minimum Gasteiger partial charge on any atom is -0.379 e. The monoisotopic (exact) mass is 416 g/mol. The highest BCUT2D eigenvalue weighted by Gasteiger charge is 2.12. The number of hydrogen-bond donors (Lipinski definition) is 2. The summed E-state index contributed by atoms with van der Waals surface area (Å²) in [4.78, 5) is 22.9. The van der Waals surface area contributed by atoms with Gasteiger partial charge in [0.25, 0.3) is 0 Å². The fourth-order valence-electron chi connectivity index (χ4n) is 2.90. The Morgan fingerprint density at radius 2 is 1.07 bits per heavy atom. The van der Waals surface area contributed by atoms with Crippen molar-refractivity contribution >= 4 is 23.9 Å². The molecule has 0 aliphatic heterocycles. The van der Waals surface area contributed by atoms with Gasteiger partial charge in [-0.25, -0.2) is 0 Å². The number of carbonyl (C=O) groups excluding carboxylic acids is 2. The number of hydrogen-bond acceptors (Lipinski definition) is 8. The zero-order valence-corrected chi connectivity index (χ0v) is 17.6. The van der Waals surface area contributed by atoms with Crippen molar-refractivity contribution in [2.75, 3.05) is 52.2 Å². The highest BCUT2D eigenvalue weighted by Crippen LogP contribution is 2.29. The third-order valence-electron chi connectivity index (χ3n) is 4.66. The summed E-state index contributed by atoms with van der Waals surface area (Å²) in [5, 5.41) is 6.37. The van der Waals surface area contributed by atoms with Gasteiger partial charge in [-0.2, -0.15) is 0 Å². The number of carbonyl (C=O) groups is 2. The molecule has 0 heterocycles. The van der Waals surface area contributed by atoms with E-state index >= 15 is 0 Å². The van der Waals surface area contributed by atoms with Gasteiger partial charge in [0, 0.05) is 50.9 Å². The molecular weight excluding hydrogens is 388 g/mol. The van der Waals surface area contributed by atoms with E-state index in [4.69, 9.17) is 18.9 Å². The van der Waals surface area contributed by atoms with Gasteiger partial charge in [0.15, 0.2) is 25.2 Å². The summed E-state index contributed by atoms with van der Waals surface area (Å²) in [6.07, 6.45) is 0.702. The predicted octanol–water partition coefficient (Wildman–Crippen LogP) is 3.04. The van der Waals surface area contributed by atoms with Gasteiger partial charge in [-0.15, -0.1) is 0 Å². The van der Waals surface area contributed by atoms with Crippen LogP contribution in [0.5, 0.6) is 0 Å². The maximum Gasteiger partial charge on any atom is 0.173 e. The Kier molecular flexibility index (Phi) is 9.43. The van der Waals surface area contributed by atoms with E-state index < -0.39 is 12.6 Å². The van der Waals surface area contributed by atoms with Crippen molar-refractivity contribution in [3.05, 3.63) is 47.5 Å². The largest absolute Gasteiger partial charge is 0.379 e. The Balaban J connectivity index is 2.31. The molecule has 0 aromatic heterocycles. The molecule has 0 aliphatic rings. The van der Waals surface area contributed by atoms with E-state index in [9.17, 15) is 9.59 Å². The number of aldehydes is 2. The molecule has 2 aromatic carbocycles. The van der Waals surface area contributed by atoms with Gasteiger partial charge in [0.1, 0.15) is 0 Å². The molecule has 0 unspecified atom stereocenters. The van der Waals surface area contributed by atoms with Gasteiger partial charge in [0.2, 0.25) is 0 Å². The number of benzene rings is 2. The lowest BCUT2D eigenvalue weighted by Gasteiger charge is -2.18. The van der Waals surface area contributed by atoms with Gasteiger partial charge in [-0.05, 0) is 35.4 Å². The number of methoxy groups -OCH3 is 4. The molecule has 0 bridgehead atoms. The van der Waals surface area contributed by atoms with Crippen molar-refractivity contribution in [2.45, 2.75) is 12.6 Å². The summed E-state index contributed by atoms with van der Waals surface area (Å²) in [6, 6.07) is 10.9. The number of anilines is 2. The van der Waals surface area contributed by atoms with Crippen LogP contribution >= 0.6 is 0 Å². The van der Waals surface area contributed by atoms with Crippen LogP contribution in [0.2, 0.25) is 0 Å². The molecule has 162 valence electrons. The smallest absolute Gasteiger partial charge is 0.173 e. The molecule has 0 spiro atoms. The van der Waals surface area contributed by atoms with Gasteiger partial charge in [-0.3, -0.25) is 9.59 Å². The average Bonchev–Trinajstić information content (AvgIpc) is 2.80. The van der Waals surface area contributed by atoms with Crippen LogP contribution in [0.15, 0.2) is 36.4 Å². The van der Waals surface area contributed by atoms with Crippen LogP contribution in [0.25, 0.3) is 11.1 Å². The maximum absolute atomic E-state index is 11.4. The van der Waals surface area contributed by atoms with E-state index in [0.29, 0.717) is 35.6 Å². The molecule has 2 aromatic rings. The van der Waals surface area contributed by atoms with Crippen LogP contribution < -0.4 is 10.6 Å². The Labute approximate surface area is 176 Å². The molecule has 0 saturated carbocycles. The summed E-state index contributed by atoms with van der Waals surface area (Å²) in [7, 11) is 6.20. The lowest BCUT2D eigenvalue weighted by Crippen LogP contribution is -2.24. The molecule has 2 rings (SSSR count). The molecule has 0 saturated heterocycles. The lowest BCUT2D eigenvalue weighted by atomic mass is 10.00. The van der Waals surface area contributed by atoms with E-state index in [1.807, 2.05) is 24.3 Å². The van der Waals surface area contributed by atoms with E-state index in [1.165, 1.54) is 0 Å². The minimum atomic E-state index is -0.439. The second kappa shape index (κ2) is 12.0. The normalized spacial score (nSPS) is 11.0. The second-order valence-electron chi connectivity index (χ2n) is 6.40. The van der Waals surface area contributed by atoms with Crippen molar-refractivity contribution in [3.63, 3.8) is 0 Å². The molecule has 2 N–H and O–H groups in total. The summed E-state index contributed by atoms with van der Waals surface area (Å²) in [5.41, 5.74) is 4.13. The summed E-state index contributed by atoms with van der Waals surface area (Å²) < 4.78 is 20.7. The van der Waals surface area contributed by atoms with Gasteiger partial charge < -0.3 is 29.6 Å². The molecule has 0 fully saturated rings. The standard InChI is InChI=1S/C22H28N2O6/c1-27-21(28-2)11-23-19-9-15(5-7-17(19)13-25)16-6-8-18(14-26)20(10-16)24-12-22(29-3)30-4/h5-10,13-14,21-24H,11-12H2,1-4H3. The molecule has 0 amide bonds. The molecule has 0 radical (unpaired) electrons.